The van der Waals surface area contributed by atoms with Crippen molar-refractivity contribution >= 4 is 21.4 Å². The Bertz CT molecular complexity index is 976. The molecule has 1 unspecified atom stereocenters. The van der Waals surface area contributed by atoms with E-state index in [0.29, 0.717) is 13.1 Å². The van der Waals surface area contributed by atoms with E-state index < -0.39 is 15.9 Å². The van der Waals surface area contributed by atoms with Crippen LogP contribution in [0.2, 0.25) is 0 Å². The number of carbonyl (C=O) groups excluding carboxylic acids is 1. The summed E-state index contributed by atoms with van der Waals surface area (Å²) in [6, 6.07) is 17.0. The lowest BCUT2D eigenvalue weighted by molar-refractivity contribution is -0.121. The van der Waals surface area contributed by atoms with Gasteiger partial charge in [-0.25, -0.2) is 8.42 Å². The minimum Gasteiger partial charge on any atom is -0.379 e. The fraction of sp³-hybridized carbons (Fsp3) is 0.458. The van der Waals surface area contributed by atoms with Crippen molar-refractivity contribution in [3.05, 3.63) is 65.7 Å². The van der Waals surface area contributed by atoms with Crippen molar-refractivity contribution < 1.29 is 17.9 Å². The highest BCUT2D eigenvalue weighted by Crippen LogP contribution is 2.25. The largest absolute Gasteiger partial charge is 0.379 e. The predicted octanol–water partition coefficient (Wildman–Crippen LogP) is 1.97. The molecule has 2 aliphatic heterocycles. The summed E-state index contributed by atoms with van der Waals surface area (Å²) < 4.78 is 29.1. The van der Waals surface area contributed by atoms with Crippen molar-refractivity contribution in [1.82, 2.24) is 9.80 Å². The molecule has 2 heterocycles. The lowest BCUT2D eigenvalue weighted by Gasteiger charge is -2.33. The van der Waals surface area contributed by atoms with Gasteiger partial charge in [-0.3, -0.25) is 14.6 Å². The minimum absolute atomic E-state index is 0.0848. The number of anilines is 1. The van der Waals surface area contributed by atoms with Gasteiger partial charge in [0, 0.05) is 38.4 Å². The number of ether oxygens (including phenoxy) is 1. The molecule has 1 atom stereocenters. The van der Waals surface area contributed by atoms with Gasteiger partial charge in [0.2, 0.25) is 5.91 Å². The molecule has 0 aromatic heterocycles. The first-order valence-corrected chi connectivity index (χ1v) is 13.0. The smallest absolute Gasteiger partial charge is 0.246 e. The Morgan fingerprint density at radius 2 is 1.59 bits per heavy atom. The summed E-state index contributed by atoms with van der Waals surface area (Å²) in [4.78, 5) is 17.6. The molecule has 4 rings (SSSR count). The number of sulfone groups is 1. The first-order chi connectivity index (χ1) is 15.5. The molecule has 7 nitrogen and oxygen atoms in total. The van der Waals surface area contributed by atoms with Crippen LogP contribution in [0.15, 0.2) is 54.6 Å². The van der Waals surface area contributed by atoms with E-state index in [-0.39, 0.29) is 17.4 Å². The molecule has 172 valence electrons. The summed E-state index contributed by atoms with van der Waals surface area (Å²) >= 11 is 0. The quantitative estimate of drug-likeness (QED) is 0.685. The van der Waals surface area contributed by atoms with E-state index in [1.54, 1.807) is 0 Å². The van der Waals surface area contributed by atoms with Crippen molar-refractivity contribution in [2.75, 3.05) is 62.8 Å². The van der Waals surface area contributed by atoms with Crippen LogP contribution in [0.5, 0.6) is 0 Å². The molecule has 8 heteroatoms. The third-order valence-corrected chi connectivity index (χ3v) is 7.76. The lowest BCUT2D eigenvalue weighted by atomic mass is 10.0. The first kappa shape index (κ1) is 22.9. The van der Waals surface area contributed by atoms with Gasteiger partial charge in [-0.05, 0) is 29.7 Å². The second-order valence-corrected chi connectivity index (χ2v) is 10.7. The van der Waals surface area contributed by atoms with Crippen molar-refractivity contribution in [2.24, 2.45) is 0 Å². The molecule has 0 saturated carbocycles. The van der Waals surface area contributed by atoms with E-state index >= 15 is 0 Å². The topological polar surface area (TPSA) is 79.0 Å². The Balaban J connectivity index is 1.40. The van der Waals surface area contributed by atoms with E-state index in [4.69, 9.17) is 4.74 Å². The number of nitrogens with one attached hydrogen (secondary N) is 1. The number of amides is 1. The molecule has 0 radical (unpaired) electrons. The normalized spacial score (nSPS) is 20.5. The Labute approximate surface area is 190 Å². The zero-order chi connectivity index (χ0) is 22.4. The maximum absolute atomic E-state index is 13.3. The number of hydrogen-bond donors (Lipinski definition) is 1. The van der Waals surface area contributed by atoms with Crippen LogP contribution in [-0.4, -0.2) is 81.6 Å². The number of nitrogens with zero attached hydrogens (tertiary/aromatic N) is 2. The van der Waals surface area contributed by atoms with Gasteiger partial charge in [0.05, 0.1) is 24.7 Å². The Morgan fingerprint density at radius 1 is 0.938 bits per heavy atom. The molecule has 0 spiro atoms. The lowest BCUT2D eigenvalue weighted by Crippen LogP contribution is -2.46. The van der Waals surface area contributed by atoms with Crippen LogP contribution in [0.25, 0.3) is 0 Å². The Kier molecular flexibility index (Phi) is 7.57. The molecular weight excluding hydrogens is 426 g/mol. The van der Waals surface area contributed by atoms with E-state index in [1.165, 1.54) is 5.56 Å². The van der Waals surface area contributed by atoms with Crippen LogP contribution in [-0.2, 0) is 25.8 Å². The van der Waals surface area contributed by atoms with Gasteiger partial charge in [-0.2, -0.15) is 0 Å². The maximum Gasteiger partial charge on any atom is 0.246 e. The number of carbonyl (C=O) groups is 1. The van der Waals surface area contributed by atoms with Crippen molar-refractivity contribution in [1.29, 1.82) is 0 Å². The average Bonchev–Trinajstić information content (AvgIpc) is 2.81. The van der Waals surface area contributed by atoms with E-state index in [1.807, 2.05) is 47.4 Å². The van der Waals surface area contributed by atoms with Gasteiger partial charge >= 0.3 is 0 Å². The Morgan fingerprint density at radius 3 is 2.25 bits per heavy atom. The molecule has 32 heavy (non-hydrogen) atoms. The van der Waals surface area contributed by atoms with Crippen LogP contribution in [0.1, 0.15) is 17.2 Å². The fourth-order valence-corrected chi connectivity index (χ4v) is 5.45. The molecule has 2 aromatic carbocycles. The second-order valence-electron chi connectivity index (χ2n) is 8.39. The molecule has 1 N–H and O–H groups in total. The second kappa shape index (κ2) is 10.6. The summed E-state index contributed by atoms with van der Waals surface area (Å²) in [5, 5.41) is 3.03. The zero-order valence-electron chi connectivity index (χ0n) is 18.3. The van der Waals surface area contributed by atoms with Gasteiger partial charge in [0.25, 0.3) is 0 Å². The molecule has 2 fully saturated rings. The molecular formula is C24H31N3O4S. The highest BCUT2D eigenvalue weighted by atomic mass is 32.2. The first-order valence-electron chi connectivity index (χ1n) is 11.2. The van der Waals surface area contributed by atoms with Crippen molar-refractivity contribution in [3.63, 3.8) is 0 Å². The summed E-state index contributed by atoms with van der Waals surface area (Å²) in [7, 11) is -3.02. The highest BCUT2D eigenvalue weighted by Gasteiger charge is 2.32. The van der Waals surface area contributed by atoms with Gasteiger partial charge in [-0.15, -0.1) is 0 Å². The van der Waals surface area contributed by atoms with Gasteiger partial charge < -0.3 is 10.1 Å². The fourth-order valence-electron chi connectivity index (χ4n) is 4.23. The predicted molar refractivity (Wildman–Crippen MR) is 125 cm³/mol. The van der Waals surface area contributed by atoms with Gasteiger partial charge in [0.15, 0.2) is 9.84 Å². The standard InChI is InChI=1S/C24H31N3O4S/c28-24(23(21-4-2-1-3-5-21)27-14-18-32(29,30)19-15-27)25-22-8-6-20(7-9-22)10-11-26-12-16-31-17-13-26/h1-9,23H,10-19H2,(H,25,28). The van der Waals surface area contributed by atoms with Gasteiger partial charge in [-0.1, -0.05) is 42.5 Å². The molecule has 2 aromatic rings. The van der Waals surface area contributed by atoms with Crippen LogP contribution >= 0.6 is 0 Å². The Hall–Kier alpha value is -2.26. The SMILES string of the molecule is O=C(Nc1ccc(CCN2CCOCC2)cc1)C(c1ccccc1)N1CCS(=O)(=O)CC1. The minimum atomic E-state index is -3.02. The van der Waals surface area contributed by atoms with Crippen molar-refractivity contribution in [3.8, 4) is 0 Å². The summed E-state index contributed by atoms with van der Waals surface area (Å²) in [6.45, 7) is 5.28. The molecule has 1 amide bonds. The van der Waals surface area contributed by atoms with E-state index in [2.05, 4.69) is 22.3 Å². The third kappa shape index (κ3) is 6.16. The number of rotatable bonds is 7. The number of morpholine rings is 1. The third-order valence-electron chi connectivity index (χ3n) is 6.15. The molecule has 0 aliphatic carbocycles. The number of benzene rings is 2. The number of hydrogen-bond acceptors (Lipinski definition) is 6. The maximum atomic E-state index is 13.3. The summed E-state index contributed by atoms with van der Waals surface area (Å²) in [6.07, 6.45) is 0.961. The van der Waals surface area contributed by atoms with E-state index in [9.17, 15) is 13.2 Å². The van der Waals surface area contributed by atoms with Crippen LogP contribution < -0.4 is 5.32 Å². The van der Waals surface area contributed by atoms with Crippen LogP contribution in [0.3, 0.4) is 0 Å². The van der Waals surface area contributed by atoms with Crippen LogP contribution in [0, 0.1) is 0 Å². The molecule has 0 bridgehead atoms. The zero-order valence-corrected chi connectivity index (χ0v) is 19.1. The average molecular weight is 458 g/mol. The van der Waals surface area contributed by atoms with Crippen LogP contribution in [0.4, 0.5) is 5.69 Å². The molecule has 2 aliphatic rings. The van der Waals surface area contributed by atoms with Crippen molar-refractivity contribution in [2.45, 2.75) is 12.5 Å². The van der Waals surface area contributed by atoms with E-state index in [0.717, 1.165) is 50.5 Å². The summed E-state index contributed by atoms with van der Waals surface area (Å²) in [5.74, 6) is 0.0275. The summed E-state index contributed by atoms with van der Waals surface area (Å²) in [5.41, 5.74) is 2.84. The molecule has 2 saturated heterocycles. The van der Waals surface area contributed by atoms with Gasteiger partial charge in [0.1, 0.15) is 6.04 Å². The monoisotopic (exact) mass is 457 g/mol. The highest BCUT2D eigenvalue weighted by molar-refractivity contribution is 7.91.